The number of hydrogen-bond acceptors (Lipinski definition) is 2. The zero-order valence-electron chi connectivity index (χ0n) is 23.9. The lowest BCUT2D eigenvalue weighted by molar-refractivity contribution is 1.23. The molecule has 1 heterocycles. The van der Waals surface area contributed by atoms with E-state index in [-0.39, 0.29) is 0 Å². The molecule has 2 nitrogen and oxygen atoms in total. The van der Waals surface area contributed by atoms with Crippen LogP contribution in [0.15, 0.2) is 158 Å². The molecule has 2 heteroatoms. The highest BCUT2D eigenvalue weighted by molar-refractivity contribution is 6.26. The van der Waals surface area contributed by atoms with Gasteiger partial charge in [-0.3, -0.25) is 0 Å². The third-order valence-corrected chi connectivity index (χ3v) is 8.84. The van der Waals surface area contributed by atoms with E-state index >= 15 is 0 Å². The fourth-order valence-corrected chi connectivity index (χ4v) is 6.81. The topological polar surface area (TPSA) is 25.8 Å². The highest BCUT2D eigenvalue weighted by Gasteiger charge is 2.18. The first kappa shape index (κ1) is 24.7. The van der Waals surface area contributed by atoms with E-state index in [4.69, 9.17) is 9.97 Å². The molecule has 1 aromatic heterocycles. The molecule has 8 aromatic carbocycles. The van der Waals surface area contributed by atoms with Crippen LogP contribution in [0.3, 0.4) is 0 Å². The zero-order valence-corrected chi connectivity index (χ0v) is 23.9. The molecule has 9 rings (SSSR count). The SMILES string of the molecule is c1ccc(-c2nc(-c3ccc4c5ccccc5c5ccccc5c4c3)c3cc(-c4ccccc4)c4ccccc4c3n2)cc1. The molecule has 0 fully saturated rings. The first-order valence-corrected chi connectivity index (χ1v) is 15.0. The van der Waals surface area contributed by atoms with Gasteiger partial charge in [0.1, 0.15) is 0 Å². The van der Waals surface area contributed by atoms with E-state index in [9.17, 15) is 0 Å². The van der Waals surface area contributed by atoms with Gasteiger partial charge < -0.3 is 0 Å². The molecule has 0 saturated carbocycles. The van der Waals surface area contributed by atoms with Crippen LogP contribution in [0.4, 0.5) is 0 Å². The van der Waals surface area contributed by atoms with E-state index in [0.717, 1.165) is 38.9 Å². The largest absolute Gasteiger partial charge is 0.227 e. The van der Waals surface area contributed by atoms with Gasteiger partial charge >= 0.3 is 0 Å². The van der Waals surface area contributed by atoms with Gasteiger partial charge in [-0.25, -0.2) is 9.97 Å². The lowest BCUT2D eigenvalue weighted by Gasteiger charge is -2.16. The Morgan fingerprint density at radius 1 is 0.295 bits per heavy atom. The van der Waals surface area contributed by atoms with Crippen molar-refractivity contribution in [3.63, 3.8) is 0 Å². The summed E-state index contributed by atoms with van der Waals surface area (Å²) in [5, 5.41) is 10.9. The average molecular weight is 559 g/mol. The van der Waals surface area contributed by atoms with E-state index in [1.54, 1.807) is 0 Å². The Balaban J connectivity index is 1.42. The van der Waals surface area contributed by atoms with Crippen molar-refractivity contribution in [3.05, 3.63) is 158 Å². The molecule has 0 amide bonds. The van der Waals surface area contributed by atoms with Crippen LogP contribution in [-0.2, 0) is 0 Å². The van der Waals surface area contributed by atoms with E-state index in [2.05, 4.69) is 140 Å². The highest BCUT2D eigenvalue weighted by atomic mass is 14.9. The summed E-state index contributed by atoms with van der Waals surface area (Å²) >= 11 is 0. The predicted octanol–water partition coefficient (Wildman–Crippen LogP) is 11.2. The predicted molar refractivity (Wildman–Crippen MR) is 186 cm³/mol. The Kier molecular flexibility index (Phi) is 5.54. The monoisotopic (exact) mass is 558 g/mol. The molecule has 204 valence electrons. The standard InChI is InChI=1S/C42H26N2/c1-3-13-27(14-4-1)37-26-39-40(43-42(28-15-5-2-6-16-28)44-41(39)36-22-12-11-21-34(36)37)29-23-24-35-32-19-8-7-17-30(32)31-18-9-10-20-33(31)38(35)25-29/h1-26H. The number of nitrogens with zero attached hydrogens (tertiary/aromatic N) is 2. The molecular formula is C42H26N2. The maximum absolute atomic E-state index is 5.32. The van der Waals surface area contributed by atoms with Crippen LogP contribution >= 0.6 is 0 Å². The first-order valence-electron chi connectivity index (χ1n) is 15.0. The molecule has 44 heavy (non-hydrogen) atoms. The van der Waals surface area contributed by atoms with Gasteiger partial charge in [0.05, 0.1) is 11.2 Å². The Labute approximate surface area is 254 Å². The number of rotatable bonds is 3. The Hall–Kier alpha value is -5.86. The second kappa shape index (κ2) is 9.86. The van der Waals surface area contributed by atoms with Crippen molar-refractivity contribution in [2.75, 3.05) is 0 Å². The van der Waals surface area contributed by atoms with Crippen molar-refractivity contribution < 1.29 is 0 Å². The summed E-state index contributed by atoms with van der Waals surface area (Å²) in [6.45, 7) is 0. The first-order chi connectivity index (χ1) is 21.8. The molecule has 0 spiro atoms. The number of benzene rings is 8. The molecule has 0 aliphatic carbocycles. The molecule has 0 bridgehead atoms. The third kappa shape index (κ3) is 3.82. The normalized spacial score (nSPS) is 11.6. The van der Waals surface area contributed by atoms with Gasteiger partial charge in [0.15, 0.2) is 5.82 Å². The van der Waals surface area contributed by atoms with E-state index in [0.29, 0.717) is 0 Å². The lowest BCUT2D eigenvalue weighted by atomic mass is 9.91. The van der Waals surface area contributed by atoms with Crippen LogP contribution in [-0.4, -0.2) is 9.97 Å². The van der Waals surface area contributed by atoms with Crippen molar-refractivity contribution in [3.8, 4) is 33.8 Å². The van der Waals surface area contributed by atoms with Gasteiger partial charge in [-0.15, -0.1) is 0 Å². The summed E-state index contributed by atoms with van der Waals surface area (Å²) in [4.78, 5) is 10.6. The van der Waals surface area contributed by atoms with Crippen LogP contribution in [0, 0.1) is 0 Å². The molecule has 0 aliphatic heterocycles. The number of aromatic nitrogens is 2. The minimum absolute atomic E-state index is 0.731. The Morgan fingerprint density at radius 2 is 0.795 bits per heavy atom. The van der Waals surface area contributed by atoms with Crippen LogP contribution in [0.5, 0.6) is 0 Å². The fourth-order valence-electron chi connectivity index (χ4n) is 6.81. The van der Waals surface area contributed by atoms with E-state index in [1.165, 1.54) is 48.8 Å². The van der Waals surface area contributed by atoms with Gasteiger partial charge in [0.2, 0.25) is 0 Å². The summed E-state index contributed by atoms with van der Waals surface area (Å²) in [5.41, 5.74) is 6.35. The minimum Gasteiger partial charge on any atom is -0.227 e. The van der Waals surface area contributed by atoms with Gasteiger partial charge in [-0.05, 0) is 61.0 Å². The number of fused-ring (bicyclic) bond motifs is 9. The highest BCUT2D eigenvalue weighted by Crippen LogP contribution is 2.41. The van der Waals surface area contributed by atoms with Gasteiger partial charge in [-0.2, -0.15) is 0 Å². The van der Waals surface area contributed by atoms with E-state index in [1.807, 2.05) is 18.2 Å². The summed E-state index contributed by atoms with van der Waals surface area (Å²) in [7, 11) is 0. The molecule has 0 N–H and O–H groups in total. The smallest absolute Gasteiger partial charge is 0.160 e. The van der Waals surface area contributed by atoms with Crippen molar-refractivity contribution in [2.45, 2.75) is 0 Å². The molecule has 9 aromatic rings. The average Bonchev–Trinajstić information content (AvgIpc) is 3.11. The van der Waals surface area contributed by atoms with Crippen molar-refractivity contribution in [1.82, 2.24) is 9.97 Å². The third-order valence-electron chi connectivity index (χ3n) is 8.84. The summed E-state index contributed by atoms with van der Waals surface area (Å²) in [5.74, 6) is 0.731. The molecule has 0 atom stereocenters. The lowest BCUT2D eigenvalue weighted by Crippen LogP contribution is -1.97. The molecule has 0 radical (unpaired) electrons. The minimum atomic E-state index is 0.731. The molecule has 0 saturated heterocycles. The van der Waals surface area contributed by atoms with Gasteiger partial charge in [0.25, 0.3) is 0 Å². The van der Waals surface area contributed by atoms with Crippen LogP contribution in [0.1, 0.15) is 0 Å². The quantitative estimate of drug-likeness (QED) is 0.202. The van der Waals surface area contributed by atoms with Crippen molar-refractivity contribution in [1.29, 1.82) is 0 Å². The number of hydrogen-bond donors (Lipinski definition) is 0. The maximum atomic E-state index is 5.32. The zero-order chi connectivity index (χ0) is 29.0. The van der Waals surface area contributed by atoms with Crippen LogP contribution in [0.2, 0.25) is 0 Å². The summed E-state index contributed by atoms with van der Waals surface area (Å²) < 4.78 is 0. The van der Waals surface area contributed by atoms with Crippen molar-refractivity contribution >= 4 is 54.0 Å². The second-order valence-electron chi connectivity index (χ2n) is 11.3. The molecule has 0 unspecified atom stereocenters. The molecular weight excluding hydrogens is 532 g/mol. The summed E-state index contributed by atoms with van der Waals surface area (Å²) in [6, 6.07) is 56.1. The Bertz CT molecular complexity index is 2500. The fraction of sp³-hybridized carbons (Fsp3) is 0. The Morgan fingerprint density at radius 3 is 1.43 bits per heavy atom. The molecule has 0 aliphatic rings. The van der Waals surface area contributed by atoms with Crippen LogP contribution in [0.25, 0.3) is 87.8 Å². The van der Waals surface area contributed by atoms with Crippen LogP contribution < -0.4 is 0 Å². The van der Waals surface area contributed by atoms with Gasteiger partial charge in [0, 0.05) is 21.9 Å². The summed E-state index contributed by atoms with van der Waals surface area (Å²) in [6.07, 6.45) is 0. The second-order valence-corrected chi connectivity index (χ2v) is 11.3. The van der Waals surface area contributed by atoms with Crippen molar-refractivity contribution in [2.24, 2.45) is 0 Å². The van der Waals surface area contributed by atoms with Gasteiger partial charge in [-0.1, -0.05) is 146 Å². The van der Waals surface area contributed by atoms with E-state index < -0.39 is 0 Å². The maximum Gasteiger partial charge on any atom is 0.160 e.